The highest BCUT2D eigenvalue weighted by Crippen LogP contribution is 2.49. The van der Waals surface area contributed by atoms with E-state index >= 15 is 0 Å². The van der Waals surface area contributed by atoms with Crippen LogP contribution < -0.4 is 18.9 Å². The van der Waals surface area contributed by atoms with Gasteiger partial charge < -0.3 is 28.4 Å². The number of ether oxygens (including phenoxy) is 6. The fourth-order valence-corrected chi connectivity index (χ4v) is 3.91. The minimum atomic E-state index is 0.174. The summed E-state index contributed by atoms with van der Waals surface area (Å²) in [6.45, 7) is 4.75. The second kappa shape index (κ2) is 7.43. The Morgan fingerprint density at radius 2 is 1.62 bits per heavy atom. The maximum absolute atomic E-state index is 6.35. The van der Waals surface area contributed by atoms with Crippen molar-refractivity contribution in [2.75, 3.05) is 40.6 Å². The zero-order valence-corrected chi connectivity index (χ0v) is 17.1. The predicted molar refractivity (Wildman–Crippen MR) is 109 cm³/mol. The molecule has 2 aromatic rings. The van der Waals surface area contributed by atoms with Gasteiger partial charge in [-0.3, -0.25) is 0 Å². The van der Waals surface area contributed by atoms with Gasteiger partial charge in [0.2, 0.25) is 0 Å². The minimum absolute atomic E-state index is 0.174. The molecule has 2 aromatic carbocycles. The lowest BCUT2D eigenvalue weighted by Crippen LogP contribution is -2.14. The van der Waals surface area contributed by atoms with Crippen molar-refractivity contribution in [1.29, 1.82) is 0 Å². The van der Waals surface area contributed by atoms with Crippen molar-refractivity contribution in [1.82, 2.24) is 0 Å². The van der Waals surface area contributed by atoms with Crippen molar-refractivity contribution in [2.45, 2.75) is 32.0 Å². The summed E-state index contributed by atoms with van der Waals surface area (Å²) in [6.07, 6.45) is 4.26. The van der Waals surface area contributed by atoms with Crippen LogP contribution >= 0.6 is 0 Å². The zero-order chi connectivity index (χ0) is 20.0. The summed E-state index contributed by atoms with van der Waals surface area (Å²) >= 11 is 0. The lowest BCUT2D eigenvalue weighted by molar-refractivity contribution is 0.257. The molecule has 5 rings (SSSR count). The molecule has 0 bridgehead atoms. The summed E-state index contributed by atoms with van der Waals surface area (Å²) in [5.41, 5.74) is 3.67. The van der Waals surface area contributed by atoms with Crippen LogP contribution in [0.15, 0.2) is 23.8 Å². The highest BCUT2D eigenvalue weighted by molar-refractivity contribution is 6.01. The molecule has 6 heteroatoms. The summed E-state index contributed by atoms with van der Waals surface area (Å²) in [5, 5.41) is 1.87. The van der Waals surface area contributed by atoms with Crippen LogP contribution in [0.2, 0.25) is 0 Å². The van der Waals surface area contributed by atoms with Gasteiger partial charge in [0.25, 0.3) is 0 Å². The van der Waals surface area contributed by atoms with E-state index in [9.17, 15) is 0 Å². The fraction of sp³-hybridized carbons (Fsp3) is 0.478. The maximum atomic E-state index is 6.35. The van der Waals surface area contributed by atoms with Gasteiger partial charge >= 0.3 is 0 Å². The lowest BCUT2D eigenvalue weighted by atomic mass is 9.87. The number of methoxy groups -OCH3 is 2. The quantitative estimate of drug-likeness (QED) is 0.501. The molecule has 2 saturated heterocycles. The molecule has 2 atom stereocenters. The Hall–Kier alpha value is -2.44. The number of hydrogen-bond acceptors (Lipinski definition) is 6. The monoisotopic (exact) mass is 398 g/mol. The van der Waals surface area contributed by atoms with Gasteiger partial charge in [-0.15, -0.1) is 0 Å². The van der Waals surface area contributed by atoms with Crippen molar-refractivity contribution in [3.8, 4) is 23.0 Å². The molecule has 2 heterocycles. The van der Waals surface area contributed by atoms with E-state index in [1.165, 1.54) is 16.7 Å². The van der Waals surface area contributed by atoms with E-state index < -0.39 is 0 Å². The van der Waals surface area contributed by atoms with E-state index in [1.54, 1.807) is 14.2 Å². The molecule has 0 aromatic heterocycles. The largest absolute Gasteiger partial charge is 0.497 e. The summed E-state index contributed by atoms with van der Waals surface area (Å²) in [7, 11) is 3.33. The first-order valence-corrected chi connectivity index (χ1v) is 10.1. The van der Waals surface area contributed by atoms with Gasteiger partial charge in [-0.05, 0) is 25.8 Å². The van der Waals surface area contributed by atoms with Crippen LogP contribution in [0.3, 0.4) is 0 Å². The standard InChI is InChI=1S/C23H26O6/c1-13-4-5-17-18(6-13)23(29-12-16-10-27-16)21-19(22(17)28-11-15-9-26-15)7-14(24-2)8-20(21)25-3/h4,7-8,15-16H,5-6,9-12H2,1-3H3. The molecule has 0 amide bonds. The summed E-state index contributed by atoms with van der Waals surface area (Å²) < 4.78 is 34.7. The SMILES string of the molecule is COc1cc(OC)c2c(OCC3CO3)c3c(c(OCC4CO4)c2c1)CC=C(C)C3. The van der Waals surface area contributed by atoms with E-state index in [2.05, 4.69) is 13.0 Å². The van der Waals surface area contributed by atoms with Crippen molar-refractivity contribution >= 4 is 10.8 Å². The molecule has 2 fully saturated rings. The van der Waals surface area contributed by atoms with Gasteiger partial charge in [0.05, 0.1) is 32.8 Å². The highest BCUT2D eigenvalue weighted by Gasteiger charge is 2.30. The number of epoxide rings is 2. The van der Waals surface area contributed by atoms with Crippen LogP contribution in [0, 0.1) is 0 Å². The van der Waals surface area contributed by atoms with Gasteiger partial charge in [0.1, 0.15) is 48.4 Å². The molecule has 2 aliphatic heterocycles. The Morgan fingerprint density at radius 1 is 0.931 bits per heavy atom. The van der Waals surface area contributed by atoms with Crippen molar-refractivity contribution < 1.29 is 28.4 Å². The first-order chi connectivity index (χ1) is 14.2. The van der Waals surface area contributed by atoms with Crippen LogP contribution in [-0.2, 0) is 22.3 Å². The molecular weight excluding hydrogens is 372 g/mol. The summed E-state index contributed by atoms with van der Waals surface area (Å²) in [6, 6.07) is 3.90. The van der Waals surface area contributed by atoms with Crippen LogP contribution in [0.5, 0.6) is 23.0 Å². The third-order valence-corrected chi connectivity index (χ3v) is 5.66. The molecule has 0 saturated carbocycles. The second-order valence-electron chi connectivity index (χ2n) is 7.83. The van der Waals surface area contributed by atoms with E-state index in [0.29, 0.717) is 19.0 Å². The van der Waals surface area contributed by atoms with Crippen LogP contribution in [0.4, 0.5) is 0 Å². The maximum Gasteiger partial charge on any atom is 0.135 e. The van der Waals surface area contributed by atoms with E-state index in [1.807, 2.05) is 12.1 Å². The average molecular weight is 398 g/mol. The Bertz CT molecular complexity index is 971. The third kappa shape index (κ3) is 3.63. The normalized spacial score (nSPS) is 22.0. The van der Waals surface area contributed by atoms with Crippen LogP contribution in [0.25, 0.3) is 10.8 Å². The predicted octanol–water partition coefficient (Wildman–Crippen LogP) is 3.46. The van der Waals surface area contributed by atoms with E-state index in [0.717, 1.165) is 54.1 Å². The molecule has 0 N–H and O–H groups in total. The number of hydrogen-bond donors (Lipinski definition) is 0. The first kappa shape index (κ1) is 18.6. The topological polar surface area (TPSA) is 62.0 Å². The minimum Gasteiger partial charge on any atom is -0.497 e. The smallest absolute Gasteiger partial charge is 0.135 e. The Labute approximate surface area is 170 Å². The molecule has 1 aliphatic carbocycles. The number of benzene rings is 2. The summed E-state index contributed by atoms with van der Waals surface area (Å²) in [4.78, 5) is 0. The van der Waals surface area contributed by atoms with Gasteiger partial charge in [-0.2, -0.15) is 0 Å². The van der Waals surface area contributed by atoms with Gasteiger partial charge in [0.15, 0.2) is 0 Å². The lowest BCUT2D eigenvalue weighted by Gasteiger charge is -2.26. The number of rotatable bonds is 8. The fourth-order valence-electron chi connectivity index (χ4n) is 3.91. The van der Waals surface area contributed by atoms with Crippen molar-refractivity contribution in [3.63, 3.8) is 0 Å². The third-order valence-electron chi connectivity index (χ3n) is 5.66. The zero-order valence-electron chi connectivity index (χ0n) is 17.1. The van der Waals surface area contributed by atoms with Gasteiger partial charge in [-0.25, -0.2) is 0 Å². The van der Waals surface area contributed by atoms with E-state index in [4.69, 9.17) is 28.4 Å². The molecule has 0 spiro atoms. The molecule has 2 unspecified atom stereocenters. The van der Waals surface area contributed by atoms with Crippen molar-refractivity contribution in [2.24, 2.45) is 0 Å². The number of fused-ring (bicyclic) bond motifs is 2. The van der Waals surface area contributed by atoms with Crippen LogP contribution in [-0.4, -0.2) is 52.9 Å². The molecule has 6 nitrogen and oxygen atoms in total. The molecule has 29 heavy (non-hydrogen) atoms. The average Bonchev–Trinajstić information content (AvgIpc) is 3.64. The summed E-state index contributed by atoms with van der Waals surface area (Å²) in [5.74, 6) is 3.18. The first-order valence-electron chi connectivity index (χ1n) is 10.1. The van der Waals surface area contributed by atoms with E-state index in [-0.39, 0.29) is 12.2 Å². The molecule has 0 radical (unpaired) electrons. The van der Waals surface area contributed by atoms with Gasteiger partial charge in [-0.1, -0.05) is 11.6 Å². The van der Waals surface area contributed by atoms with Crippen LogP contribution in [0.1, 0.15) is 18.1 Å². The Kier molecular flexibility index (Phi) is 4.76. The molecular formula is C23H26O6. The Balaban J connectivity index is 1.73. The van der Waals surface area contributed by atoms with Gasteiger partial charge in [0, 0.05) is 22.6 Å². The highest BCUT2D eigenvalue weighted by atomic mass is 16.6. The number of allylic oxidation sites excluding steroid dienone is 2. The second-order valence-corrected chi connectivity index (χ2v) is 7.83. The van der Waals surface area contributed by atoms with Crippen molar-refractivity contribution in [3.05, 3.63) is 34.9 Å². The molecule has 3 aliphatic rings. The Morgan fingerprint density at radius 3 is 2.24 bits per heavy atom. The molecule has 154 valence electrons.